The van der Waals surface area contributed by atoms with Crippen molar-refractivity contribution in [1.82, 2.24) is 10.2 Å². The zero-order valence-corrected chi connectivity index (χ0v) is 11.2. The van der Waals surface area contributed by atoms with Crippen LogP contribution in [0.5, 0.6) is 0 Å². The van der Waals surface area contributed by atoms with Gasteiger partial charge >= 0.3 is 0 Å². The quantitative estimate of drug-likeness (QED) is 0.742. The van der Waals surface area contributed by atoms with E-state index in [4.69, 9.17) is 0 Å². The van der Waals surface area contributed by atoms with Gasteiger partial charge in [0.05, 0.1) is 0 Å². The molecule has 0 bridgehead atoms. The maximum Gasteiger partial charge on any atom is 0.0476 e. The van der Waals surface area contributed by atoms with Crippen molar-refractivity contribution in [2.45, 2.75) is 32.7 Å². The van der Waals surface area contributed by atoms with Crippen LogP contribution >= 0.6 is 0 Å². The molecule has 1 fully saturated rings. The average Bonchev–Trinajstić information content (AvgIpc) is 2.26. The number of likely N-dealkylation sites (tertiary alicyclic amines) is 1. The summed E-state index contributed by atoms with van der Waals surface area (Å²) >= 11 is 0. The summed E-state index contributed by atoms with van der Waals surface area (Å²) in [6.45, 7) is 7.11. The van der Waals surface area contributed by atoms with Crippen LogP contribution in [-0.2, 0) is 0 Å². The van der Waals surface area contributed by atoms with Gasteiger partial charge in [0.2, 0.25) is 0 Å². The largest absolute Gasteiger partial charge is 0.396 e. The van der Waals surface area contributed by atoms with Gasteiger partial charge in [0.1, 0.15) is 0 Å². The normalized spacial score (nSPS) is 23.6. The summed E-state index contributed by atoms with van der Waals surface area (Å²) in [5.41, 5.74) is 0. The van der Waals surface area contributed by atoms with E-state index in [9.17, 15) is 5.11 Å². The number of aliphatic hydroxyl groups is 1. The molecule has 3 heteroatoms. The van der Waals surface area contributed by atoms with Crippen molar-refractivity contribution in [2.75, 3.05) is 33.8 Å². The van der Waals surface area contributed by atoms with E-state index in [2.05, 4.69) is 31.1 Å². The molecule has 0 aromatic carbocycles. The molecule has 2 N–H and O–H groups in total. The van der Waals surface area contributed by atoms with Gasteiger partial charge in [-0.1, -0.05) is 13.8 Å². The van der Waals surface area contributed by atoms with Crippen molar-refractivity contribution in [3.63, 3.8) is 0 Å². The Balaban J connectivity index is 2.58. The van der Waals surface area contributed by atoms with Crippen LogP contribution in [0.25, 0.3) is 0 Å². The van der Waals surface area contributed by atoms with Crippen LogP contribution in [0.3, 0.4) is 0 Å². The first-order chi connectivity index (χ1) is 7.60. The highest BCUT2D eigenvalue weighted by Gasteiger charge is 2.31. The second-order valence-electron chi connectivity index (χ2n) is 5.55. The second kappa shape index (κ2) is 6.58. The van der Waals surface area contributed by atoms with Gasteiger partial charge in [-0.3, -0.25) is 0 Å². The van der Waals surface area contributed by atoms with Gasteiger partial charge in [0, 0.05) is 12.6 Å². The fraction of sp³-hybridized carbons (Fsp3) is 1.00. The minimum absolute atomic E-state index is 0.301. The Bertz CT molecular complexity index is 188. The third-order valence-electron chi connectivity index (χ3n) is 4.13. The Morgan fingerprint density at radius 3 is 2.25 bits per heavy atom. The molecular weight excluding hydrogens is 200 g/mol. The van der Waals surface area contributed by atoms with E-state index >= 15 is 0 Å². The molecule has 0 saturated carbocycles. The van der Waals surface area contributed by atoms with Gasteiger partial charge in [-0.15, -0.1) is 0 Å². The van der Waals surface area contributed by atoms with Crippen LogP contribution in [-0.4, -0.2) is 49.8 Å². The van der Waals surface area contributed by atoms with E-state index in [1.807, 2.05) is 7.05 Å². The molecule has 0 aliphatic carbocycles. The van der Waals surface area contributed by atoms with Crippen LogP contribution in [0, 0.1) is 17.8 Å². The van der Waals surface area contributed by atoms with E-state index in [1.165, 1.54) is 25.9 Å². The molecule has 2 unspecified atom stereocenters. The number of hydrogen-bond donors (Lipinski definition) is 2. The van der Waals surface area contributed by atoms with Crippen molar-refractivity contribution in [3.8, 4) is 0 Å². The summed E-state index contributed by atoms with van der Waals surface area (Å²) in [6.07, 6.45) is 2.51. The smallest absolute Gasteiger partial charge is 0.0476 e. The molecule has 0 radical (unpaired) electrons. The van der Waals surface area contributed by atoms with Crippen molar-refractivity contribution in [1.29, 1.82) is 0 Å². The highest BCUT2D eigenvalue weighted by Crippen LogP contribution is 2.27. The lowest BCUT2D eigenvalue weighted by molar-refractivity contribution is 0.0956. The van der Waals surface area contributed by atoms with Crippen molar-refractivity contribution in [3.05, 3.63) is 0 Å². The zero-order valence-electron chi connectivity index (χ0n) is 11.2. The molecule has 1 rings (SSSR count). The predicted molar refractivity (Wildman–Crippen MR) is 68.5 cm³/mol. The number of nitrogens with zero attached hydrogens (tertiary/aromatic N) is 1. The van der Waals surface area contributed by atoms with Crippen molar-refractivity contribution >= 4 is 0 Å². The van der Waals surface area contributed by atoms with Gasteiger partial charge in [-0.25, -0.2) is 0 Å². The number of nitrogens with one attached hydrogen (secondary N) is 1. The Labute approximate surface area is 100 Å². The standard InChI is InChI=1S/C13H28N2O/c1-10(2)12(9-16)13(14-3)11-5-7-15(4)8-6-11/h10-14,16H,5-9H2,1-4H3. The number of aliphatic hydroxyl groups excluding tert-OH is 1. The number of hydrogen-bond acceptors (Lipinski definition) is 3. The van der Waals surface area contributed by atoms with E-state index < -0.39 is 0 Å². The Morgan fingerprint density at radius 2 is 1.88 bits per heavy atom. The highest BCUT2D eigenvalue weighted by molar-refractivity contribution is 4.86. The van der Waals surface area contributed by atoms with E-state index in [0.717, 1.165) is 5.92 Å². The van der Waals surface area contributed by atoms with Gasteiger partial charge in [0.15, 0.2) is 0 Å². The van der Waals surface area contributed by atoms with Crippen LogP contribution in [0.2, 0.25) is 0 Å². The van der Waals surface area contributed by atoms with Crippen LogP contribution in [0.15, 0.2) is 0 Å². The summed E-state index contributed by atoms with van der Waals surface area (Å²) in [7, 11) is 4.23. The average molecular weight is 228 g/mol. The third-order valence-corrected chi connectivity index (χ3v) is 4.13. The van der Waals surface area contributed by atoms with E-state index in [-0.39, 0.29) is 0 Å². The second-order valence-corrected chi connectivity index (χ2v) is 5.55. The number of rotatable bonds is 5. The monoisotopic (exact) mass is 228 g/mol. The Morgan fingerprint density at radius 1 is 1.31 bits per heavy atom. The molecule has 0 spiro atoms. The lowest BCUT2D eigenvalue weighted by Crippen LogP contribution is -2.47. The van der Waals surface area contributed by atoms with Gasteiger partial charge in [0.25, 0.3) is 0 Å². The fourth-order valence-corrected chi connectivity index (χ4v) is 2.93. The van der Waals surface area contributed by atoms with Crippen molar-refractivity contribution < 1.29 is 5.11 Å². The zero-order chi connectivity index (χ0) is 12.1. The molecule has 2 atom stereocenters. The van der Waals surface area contributed by atoms with Gasteiger partial charge < -0.3 is 15.3 Å². The molecule has 96 valence electrons. The Hall–Kier alpha value is -0.120. The summed E-state index contributed by atoms with van der Waals surface area (Å²) in [4.78, 5) is 2.40. The number of piperidine rings is 1. The minimum atomic E-state index is 0.301. The minimum Gasteiger partial charge on any atom is -0.396 e. The topological polar surface area (TPSA) is 35.5 Å². The SMILES string of the molecule is CNC(C1CCN(C)CC1)C(CO)C(C)C. The van der Waals surface area contributed by atoms with Crippen LogP contribution in [0.1, 0.15) is 26.7 Å². The first kappa shape index (κ1) is 13.9. The summed E-state index contributed by atoms with van der Waals surface area (Å²) in [5.74, 6) is 1.65. The predicted octanol–water partition coefficient (Wildman–Crippen LogP) is 1.18. The molecule has 0 aromatic rings. The van der Waals surface area contributed by atoms with Crippen LogP contribution < -0.4 is 5.32 Å². The molecular formula is C13H28N2O. The Kier molecular flexibility index (Phi) is 5.73. The van der Waals surface area contributed by atoms with Crippen LogP contribution in [0.4, 0.5) is 0 Å². The lowest BCUT2D eigenvalue weighted by Gasteiger charge is -2.39. The fourth-order valence-electron chi connectivity index (χ4n) is 2.93. The molecule has 0 amide bonds. The summed E-state index contributed by atoms with van der Waals surface area (Å²) in [5, 5.41) is 13.0. The molecule has 3 nitrogen and oxygen atoms in total. The highest BCUT2D eigenvalue weighted by atomic mass is 16.3. The molecule has 16 heavy (non-hydrogen) atoms. The molecule has 1 aliphatic rings. The maximum absolute atomic E-state index is 9.53. The molecule has 1 saturated heterocycles. The summed E-state index contributed by atoms with van der Waals surface area (Å²) in [6, 6.07) is 0.471. The van der Waals surface area contributed by atoms with Gasteiger partial charge in [-0.05, 0) is 57.8 Å². The van der Waals surface area contributed by atoms with Crippen molar-refractivity contribution in [2.24, 2.45) is 17.8 Å². The van der Waals surface area contributed by atoms with E-state index in [0.29, 0.717) is 24.5 Å². The van der Waals surface area contributed by atoms with Gasteiger partial charge in [-0.2, -0.15) is 0 Å². The molecule has 1 aliphatic heterocycles. The van der Waals surface area contributed by atoms with E-state index in [1.54, 1.807) is 0 Å². The maximum atomic E-state index is 9.53. The molecule has 0 aromatic heterocycles. The molecule has 1 heterocycles. The first-order valence-electron chi connectivity index (χ1n) is 6.56. The third kappa shape index (κ3) is 3.44. The lowest BCUT2D eigenvalue weighted by atomic mass is 9.78. The first-order valence-corrected chi connectivity index (χ1v) is 6.56. The summed E-state index contributed by atoms with van der Waals surface area (Å²) < 4.78 is 0.